The molecule has 0 saturated heterocycles. The number of para-hydroxylation sites is 1. The third-order valence-electron chi connectivity index (χ3n) is 3.71. The molecule has 2 rings (SSSR count). The van der Waals surface area contributed by atoms with Crippen molar-refractivity contribution in [3.8, 4) is 0 Å². The van der Waals surface area contributed by atoms with E-state index in [4.69, 9.17) is 0 Å². The number of nitrogens with one attached hydrogen (secondary N) is 1. The molecule has 0 saturated carbocycles. The second-order valence-electron chi connectivity index (χ2n) is 5.26. The SMILES string of the molecule is C[C@@H](c1ccccc1)[C@H](CC(=O)Nc1ccccc1)C(=O)O. The third-order valence-corrected chi connectivity index (χ3v) is 3.71. The zero-order valence-corrected chi connectivity index (χ0v) is 12.4. The Balaban J connectivity index is 2.06. The number of aliphatic carboxylic acids is 1. The number of benzene rings is 2. The Bertz CT molecular complexity index is 625. The molecule has 2 atom stereocenters. The standard InChI is InChI=1S/C18H19NO3/c1-13(14-8-4-2-5-9-14)16(18(21)22)12-17(20)19-15-10-6-3-7-11-15/h2-11,13,16H,12H2,1H3,(H,19,20)(H,21,22)/t13-,16-/m0/s1. The average Bonchev–Trinajstić information content (AvgIpc) is 2.53. The molecule has 1 amide bonds. The van der Waals surface area contributed by atoms with Crippen LogP contribution in [0.3, 0.4) is 0 Å². The molecule has 0 heterocycles. The molecule has 0 radical (unpaired) electrons. The molecule has 2 N–H and O–H groups in total. The summed E-state index contributed by atoms with van der Waals surface area (Å²) in [5.74, 6) is -2.24. The summed E-state index contributed by atoms with van der Waals surface area (Å²) in [6, 6.07) is 18.4. The van der Waals surface area contributed by atoms with Crippen LogP contribution in [0, 0.1) is 5.92 Å². The summed E-state index contributed by atoms with van der Waals surface area (Å²) in [5, 5.41) is 12.2. The van der Waals surface area contributed by atoms with Crippen molar-refractivity contribution >= 4 is 17.6 Å². The maximum Gasteiger partial charge on any atom is 0.307 e. The van der Waals surface area contributed by atoms with Crippen LogP contribution in [0.1, 0.15) is 24.8 Å². The average molecular weight is 297 g/mol. The minimum atomic E-state index is -0.959. The number of hydrogen-bond acceptors (Lipinski definition) is 2. The van der Waals surface area contributed by atoms with Crippen molar-refractivity contribution in [1.29, 1.82) is 0 Å². The summed E-state index contributed by atoms with van der Waals surface area (Å²) < 4.78 is 0. The quantitative estimate of drug-likeness (QED) is 0.857. The lowest BCUT2D eigenvalue weighted by atomic mass is 9.85. The fraction of sp³-hybridized carbons (Fsp3) is 0.222. The molecule has 0 unspecified atom stereocenters. The number of anilines is 1. The van der Waals surface area contributed by atoms with Crippen molar-refractivity contribution in [2.45, 2.75) is 19.3 Å². The van der Waals surface area contributed by atoms with E-state index in [2.05, 4.69) is 5.32 Å². The second kappa shape index (κ2) is 7.41. The van der Waals surface area contributed by atoms with Crippen molar-refractivity contribution in [2.75, 3.05) is 5.32 Å². The number of carboxylic acid groups (broad SMARTS) is 1. The highest BCUT2D eigenvalue weighted by molar-refractivity contribution is 5.93. The maximum absolute atomic E-state index is 12.1. The van der Waals surface area contributed by atoms with Crippen LogP contribution in [0.15, 0.2) is 60.7 Å². The van der Waals surface area contributed by atoms with Gasteiger partial charge in [-0.25, -0.2) is 0 Å². The molecule has 0 aromatic heterocycles. The lowest BCUT2D eigenvalue weighted by Gasteiger charge is -2.20. The van der Waals surface area contributed by atoms with Crippen molar-refractivity contribution in [3.05, 3.63) is 66.2 Å². The van der Waals surface area contributed by atoms with Gasteiger partial charge in [-0.2, -0.15) is 0 Å². The summed E-state index contributed by atoms with van der Waals surface area (Å²) in [6.45, 7) is 1.84. The van der Waals surface area contributed by atoms with E-state index >= 15 is 0 Å². The Labute approximate surface area is 129 Å². The van der Waals surface area contributed by atoms with E-state index in [1.807, 2.05) is 55.5 Å². The smallest absolute Gasteiger partial charge is 0.307 e. The van der Waals surface area contributed by atoms with Crippen molar-refractivity contribution < 1.29 is 14.7 Å². The van der Waals surface area contributed by atoms with Crippen LogP contribution in [0.25, 0.3) is 0 Å². The van der Waals surface area contributed by atoms with Crippen LogP contribution in [-0.2, 0) is 9.59 Å². The number of carbonyl (C=O) groups is 2. The van der Waals surface area contributed by atoms with Gasteiger partial charge in [0.25, 0.3) is 0 Å². The Hall–Kier alpha value is -2.62. The van der Waals surface area contributed by atoms with E-state index in [-0.39, 0.29) is 18.2 Å². The van der Waals surface area contributed by atoms with Crippen LogP contribution in [0.4, 0.5) is 5.69 Å². The van der Waals surface area contributed by atoms with Crippen molar-refractivity contribution in [2.24, 2.45) is 5.92 Å². The van der Waals surface area contributed by atoms with Crippen LogP contribution in [0.2, 0.25) is 0 Å². The van der Waals surface area contributed by atoms with Crippen molar-refractivity contribution in [1.82, 2.24) is 0 Å². The minimum absolute atomic E-state index is 0.0553. The molecule has 114 valence electrons. The van der Waals surface area contributed by atoms with Gasteiger partial charge in [0.05, 0.1) is 5.92 Å². The van der Waals surface area contributed by atoms with E-state index < -0.39 is 11.9 Å². The summed E-state index contributed by atoms with van der Waals surface area (Å²) in [6.07, 6.45) is -0.0553. The molecular weight excluding hydrogens is 278 g/mol. The van der Waals surface area contributed by atoms with E-state index in [9.17, 15) is 14.7 Å². The summed E-state index contributed by atoms with van der Waals surface area (Å²) in [7, 11) is 0. The predicted octanol–water partition coefficient (Wildman–Crippen LogP) is 3.52. The highest BCUT2D eigenvalue weighted by Gasteiger charge is 2.28. The van der Waals surface area contributed by atoms with Gasteiger partial charge in [0.1, 0.15) is 0 Å². The van der Waals surface area contributed by atoms with Gasteiger partial charge in [0.15, 0.2) is 0 Å². The topological polar surface area (TPSA) is 66.4 Å². The van der Waals surface area contributed by atoms with Gasteiger partial charge in [0, 0.05) is 12.1 Å². The van der Waals surface area contributed by atoms with Crippen LogP contribution in [0.5, 0.6) is 0 Å². The van der Waals surface area contributed by atoms with Gasteiger partial charge in [-0.05, 0) is 23.6 Å². The monoisotopic (exact) mass is 297 g/mol. The van der Waals surface area contributed by atoms with Gasteiger partial charge in [-0.15, -0.1) is 0 Å². The highest BCUT2D eigenvalue weighted by atomic mass is 16.4. The van der Waals surface area contributed by atoms with E-state index in [0.29, 0.717) is 5.69 Å². The van der Waals surface area contributed by atoms with Gasteiger partial charge in [0.2, 0.25) is 5.91 Å². The Morgan fingerprint density at radius 2 is 1.55 bits per heavy atom. The minimum Gasteiger partial charge on any atom is -0.481 e. The first-order valence-corrected chi connectivity index (χ1v) is 7.20. The van der Waals surface area contributed by atoms with Gasteiger partial charge in [-0.3, -0.25) is 9.59 Å². The molecule has 0 fully saturated rings. The van der Waals surface area contributed by atoms with E-state index in [1.54, 1.807) is 12.1 Å². The Kier molecular flexibility index (Phi) is 5.31. The molecule has 0 aliphatic rings. The first kappa shape index (κ1) is 15.8. The summed E-state index contributed by atoms with van der Waals surface area (Å²) >= 11 is 0. The lowest BCUT2D eigenvalue weighted by Crippen LogP contribution is -2.26. The Morgan fingerprint density at radius 1 is 1.00 bits per heavy atom. The number of hydrogen-bond donors (Lipinski definition) is 2. The van der Waals surface area contributed by atoms with E-state index in [0.717, 1.165) is 5.56 Å². The zero-order chi connectivity index (χ0) is 15.9. The lowest BCUT2D eigenvalue weighted by molar-refractivity contribution is -0.144. The number of rotatable bonds is 6. The molecule has 0 aliphatic carbocycles. The van der Waals surface area contributed by atoms with Crippen LogP contribution < -0.4 is 5.32 Å². The van der Waals surface area contributed by atoms with Crippen LogP contribution in [-0.4, -0.2) is 17.0 Å². The molecular formula is C18H19NO3. The molecule has 2 aromatic carbocycles. The normalized spacial score (nSPS) is 13.1. The molecule has 0 aliphatic heterocycles. The molecule has 0 bridgehead atoms. The number of carboxylic acids is 1. The van der Waals surface area contributed by atoms with Crippen LogP contribution >= 0.6 is 0 Å². The summed E-state index contributed by atoms with van der Waals surface area (Å²) in [5.41, 5.74) is 1.59. The third kappa shape index (κ3) is 4.19. The largest absolute Gasteiger partial charge is 0.481 e. The predicted molar refractivity (Wildman–Crippen MR) is 85.7 cm³/mol. The van der Waals surface area contributed by atoms with Gasteiger partial charge >= 0.3 is 5.97 Å². The Morgan fingerprint density at radius 3 is 2.09 bits per heavy atom. The zero-order valence-electron chi connectivity index (χ0n) is 12.4. The molecule has 4 nitrogen and oxygen atoms in total. The second-order valence-corrected chi connectivity index (χ2v) is 5.26. The van der Waals surface area contributed by atoms with Gasteiger partial charge < -0.3 is 10.4 Å². The van der Waals surface area contributed by atoms with Gasteiger partial charge in [-0.1, -0.05) is 55.5 Å². The fourth-order valence-electron chi connectivity index (χ4n) is 2.40. The molecule has 0 spiro atoms. The first-order chi connectivity index (χ1) is 10.6. The molecule has 4 heteroatoms. The highest BCUT2D eigenvalue weighted by Crippen LogP contribution is 2.27. The maximum atomic E-state index is 12.1. The molecule has 22 heavy (non-hydrogen) atoms. The number of carbonyl (C=O) groups excluding carboxylic acids is 1. The first-order valence-electron chi connectivity index (χ1n) is 7.20. The fourth-order valence-corrected chi connectivity index (χ4v) is 2.40. The molecule has 2 aromatic rings. The number of amides is 1. The van der Waals surface area contributed by atoms with Crippen molar-refractivity contribution in [3.63, 3.8) is 0 Å². The van der Waals surface area contributed by atoms with E-state index in [1.165, 1.54) is 0 Å². The summed E-state index contributed by atoms with van der Waals surface area (Å²) in [4.78, 5) is 23.6.